The van der Waals surface area contributed by atoms with Gasteiger partial charge in [0.25, 0.3) is 0 Å². The minimum atomic E-state index is 0.358. The van der Waals surface area contributed by atoms with Crippen molar-refractivity contribution in [1.29, 1.82) is 0 Å². The summed E-state index contributed by atoms with van der Waals surface area (Å²) >= 11 is 0. The van der Waals surface area contributed by atoms with Crippen LogP contribution < -0.4 is 5.32 Å². The normalized spacial score (nSPS) is 29.8. The van der Waals surface area contributed by atoms with Crippen LogP contribution in [0.2, 0.25) is 0 Å². The smallest absolute Gasteiger partial charge is 0.0604 e. The predicted octanol–water partition coefficient (Wildman–Crippen LogP) is 2.58. The Hall–Kier alpha value is -0.0800. The van der Waals surface area contributed by atoms with Crippen molar-refractivity contribution in [2.24, 2.45) is 5.41 Å². The zero-order valence-electron chi connectivity index (χ0n) is 10.3. The number of hydrogen-bond donors (Lipinski definition) is 1. The summed E-state index contributed by atoms with van der Waals surface area (Å²) < 4.78 is 5.54. The Morgan fingerprint density at radius 3 is 2.36 bits per heavy atom. The second-order valence-electron chi connectivity index (χ2n) is 5.50. The molecule has 0 bridgehead atoms. The van der Waals surface area contributed by atoms with Crippen LogP contribution in [0.4, 0.5) is 0 Å². The summed E-state index contributed by atoms with van der Waals surface area (Å²) in [6, 6.07) is 1.26. The van der Waals surface area contributed by atoms with Crippen LogP contribution in [0.3, 0.4) is 0 Å². The number of hydrogen-bond acceptors (Lipinski definition) is 2. The van der Waals surface area contributed by atoms with E-state index in [1.165, 1.54) is 12.8 Å². The molecule has 1 aliphatic rings. The fraction of sp³-hybridized carbons (Fsp3) is 1.00. The van der Waals surface area contributed by atoms with Crippen molar-refractivity contribution in [2.45, 2.75) is 65.6 Å². The lowest BCUT2D eigenvalue weighted by atomic mass is 9.83. The highest BCUT2D eigenvalue weighted by Gasteiger charge is 2.32. The van der Waals surface area contributed by atoms with Gasteiger partial charge in [0.15, 0.2) is 0 Å². The largest absolute Gasteiger partial charge is 0.378 e. The molecule has 0 saturated heterocycles. The first kappa shape index (κ1) is 12.0. The maximum atomic E-state index is 5.54. The summed E-state index contributed by atoms with van der Waals surface area (Å²) in [5.41, 5.74) is 0.358. The molecular weight excluding hydrogens is 174 g/mol. The Bertz CT molecular complexity index is 168. The summed E-state index contributed by atoms with van der Waals surface area (Å²) in [6.07, 6.45) is 2.90. The number of rotatable bonds is 4. The molecule has 0 heterocycles. The lowest BCUT2D eigenvalue weighted by molar-refractivity contribution is -0.0151. The quantitative estimate of drug-likeness (QED) is 0.751. The predicted molar refractivity (Wildman–Crippen MR) is 60.5 cm³/mol. The van der Waals surface area contributed by atoms with Gasteiger partial charge in [0.2, 0.25) is 0 Å². The van der Waals surface area contributed by atoms with Gasteiger partial charge in [-0.15, -0.1) is 0 Å². The molecule has 1 fully saturated rings. The summed E-state index contributed by atoms with van der Waals surface area (Å²) in [5.74, 6) is 0. The topological polar surface area (TPSA) is 21.3 Å². The molecule has 0 aromatic rings. The van der Waals surface area contributed by atoms with E-state index in [-0.39, 0.29) is 0 Å². The van der Waals surface area contributed by atoms with E-state index in [2.05, 4.69) is 39.9 Å². The average Bonchev–Trinajstić information content (AvgIpc) is 1.98. The van der Waals surface area contributed by atoms with Gasteiger partial charge < -0.3 is 10.1 Å². The molecule has 0 aromatic heterocycles. The third-order valence-electron chi connectivity index (χ3n) is 3.28. The Morgan fingerprint density at radius 2 is 1.93 bits per heavy atom. The molecule has 1 N–H and O–H groups in total. The fourth-order valence-electron chi connectivity index (χ4n) is 1.68. The van der Waals surface area contributed by atoms with E-state index < -0.39 is 0 Å². The summed E-state index contributed by atoms with van der Waals surface area (Å²) in [5, 5.41) is 3.66. The Kier molecular flexibility index (Phi) is 3.96. The van der Waals surface area contributed by atoms with Crippen molar-refractivity contribution < 1.29 is 4.74 Å². The third-order valence-corrected chi connectivity index (χ3v) is 3.28. The van der Waals surface area contributed by atoms with Gasteiger partial charge in [0, 0.05) is 18.7 Å². The molecule has 0 radical (unpaired) electrons. The van der Waals surface area contributed by atoms with Gasteiger partial charge in [-0.05, 0) is 32.1 Å². The van der Waals surface area contributed by atoms with E-state index in [4.69, 9.17) is 4.74 Å². The van der Waals surface area contributed by atoms with Gasteiger partial charge in [-0.1, -0.05) is 20.8 Å². The highest BCUT2D eigenvalue weighted by molar-refractivity contribution is 4.90. The highest BCUT2D eigenvalue weighted by atomic mass is 16.5. The van der Waals surface area contributed by atoms with Crippen LogP contribution in [0.5, 0.6) is 0 Å². The van der Waals surface area contributed by atoms with Gasteiger partial charge in [0.1, 0.15) is 0 Å². The van der Waals surface area contributed by atoms with E-state index in [9.17, 15) is 0 Å². The molecule has 1 aliphatic carbocycles. The summed E-state index contributed by atoms with van der Waals surface area (Å²) in [7, 11) is 0. The monoisotopic (exact) mass is 199 g/mol. The molecule has 84 valence electrons. The zero-order chi connectivity index (χ0) is 10.8. The van der Waals surface area contributed by atoms with E-state index in [1.807, 2.05) is 0 Å². The fourth-order valence-corrected chi connectivity index (χ4v) is 1.68. The van der Waals surface area contributed by atoms with E-state index in [0.717, 1.165) is 6.61 Å². The van der Waals surface area contributed by atoms with E-state index in [1.54, 1.807) is 0 Å². The summed E-state index contributed by atoms with van der Waals surface area (Å²) in [4.78, 5) is 0. The minimum absolute atomic E-state index is 0.358. The Balaban J connectivity index is 2.16. The SMILES string of the molecule is CCOC1CC(NC(C)C(C)(C)C)C1. The molecule has 2 heteroatoms. The molecule has 1 unspecified atom stereocenters. The molecule has 0 aliphatic heterocycles. The lowest BCUT2D eigenvalue weighted by Gasteiger charge is -2.40. The van der Waals surface area contributed by atoms with Crippen LogP contribution in [0.25, 0.3) is 0 Å². The highest BCUT2D eigenvalue weighted by Crippen LogP contribution is 2.26. The van der Waals surface area contributed by atoms with Gasteiger partial charge >= 0.3 is 0 Å². The van der Waals surface area contributed by atoms with Crippen molar-refractivity contribution in [3.8, 4) is 0 Å². The van der Waals surface area contributed by atoms with Gasteiger partial charge in [0.05, 0.1) is 6.10 Å². The Labute approximate surface area is 88.4 Å². The summed E-state index contributed by atoms with van der Waals surface area (Å²) in [6.45, 7) is 12.0. The standard InChI is InChI=1S/C12H25NO/c1-6-14-11-7-10(8-11)13-9(2)12(3,4)5/h9-11,13H,6-8H2,1-5H3. The molecule has 14 heavy (non-hydrogen) atoms. The van der Waals surface area contributed by atoms with Crippen LogP contribution in [-0.4, -0.2) is 24.8 Å². The van der Waals surface area contributed by atoms with Crippen LogP contribution in [-0.2, 0) is 4.74 Å². The average molecular weight is 199 g/mol. The molecule has 1 saturated carbocycles. The second-order valence-corrected chi connectivity index (χ2v) is 5.50. The molecule has 2 nitrogen and oxygen atoms in total. The zero-order valence-corrected chi connectivity index (χ0v) is 10.3. The van der Waals surface area contributed by atoms with Gasteiger partial charge in [-0.3, -0.25) is 0 Å². The van der Waals surface area contributed by atoms with E-state index in [0.29, 0.717) is 23.6 Å². The first-order valence-electron chi connectivity index (χ1n) is 5.81. The van der Waals surface area contributed by atoms with Crippen molar-refractivity contribution in [2.75, 3.05) is 6.61 Å². The molecule has 1 rings (SSSR count). The molecule has 1 atom stereocenters. The van der Waals surface area contributed by atoms with Crippen LogP contribution in [0.15, 0.2) is 0 Å². The molecule has 0 aromatic carbocycles. The van der Waals surface area contributed by atoms with Crippen molar-refractivity contribution in [3.05, 3.63) is 0 Å². The maximum Gasteiger partial charge on any atom is 0.0604 e. The van der Waals surface area contributed by atoms with Crippen LogP contribution in [0.1, 0.15) is 47.5 Å². The first-order valence-corrected chi connectivity index (χ1v) is 5.81. The number of nitrogens with one attached hydrogen (secondary N) is 1. The molecule has 0 amide bonds. The van der Waals surface area contributed by atoms with Crippen LogP contribution in [0, 0.1) is 5.41 Å². The van der Waals surface area contributed by atoms with E-state index >= 15 is 0 Å². The second kappa shape index (κ2) is 4.63. The van der Waals surface area contributed by atoms with Crippen molar-refractivity contribution in [3.63, 3.8) is 0 Å². The third kappa shape index (κ3) is 3.25. The number of ether oxygens (including phenoxy) is 1. The first-order chi connectivity index (χ1) is 6.43. The lowest BCUT2D eigenvalue weighted by Crippen LogP contribution is -2.51. The minimum Gasteiger partial charge on any atom is -0.378 e. The van der Waals surface area contributed by atoms with Crippen molar-refractivity contribution in [1.82, 2.24) is 5.32 Å². The van der Waals surface area contributed by atoms with Gasteiger partial charge in [-0.2, -0.15) is 0 Å². The molecular formula is C12H25NO. The van der Waals surface area contributed by atoms with Gasteiger partial charge in [-0.25, -0.2) is 0 Å². The Morgan fingerprint density at radius 1 is 1.36 bits per heavy atom. The molecule has 0 spiro atoms. The van der Waals surface area contributed by atoms with Crippen molar-refractivity contribution >= 4 is 0 Å². The van der Waals surface area contributed by atoms with Crippen LogP contribution >= 0.6 is 0 Å². The maximum absolute atomic E-state index is 5.54.